The molecular formula is C18H25N3O2S. The molecular weight excluding hydrogens is 322 g/mol. The molecule has 0 saturated carbocycles. The molecule has 2 amide bonds. The van der Waals surface area contributed by atoms with Crippen molar-refractivity contribution in [2.75, 3.05) is 43.0 Å². The van der Waals surface area contributed by atoms with Crippen molar-refractivity contribution in [1.29, 1.82) is 0 Å². The number of piperidine rings is 1. The molecule has 0 radical (unpaired) electrons. The Bertz CT molecular complexity index is 608. The number of nitrogens with zero attached hydrogens (tertiary/aromatic N) is 1. The zero-order valence-electron chi connectivity index (χ0n) is 14.1. The van der Waals surface area contributed by atoms with E-state index in [1.807, 2.05) is 41.8 Å². The SMILES string of the molecule is Cc1c(NC(=O)C2CCNCC2)cccc1C(=O)N1CCSCC1. The molecule has 5 nitrogen and oxygen atoms in total. The molecule has 24 heavy (non-hydrogen) atoms. The van der Waals surface area contributed by atoms with E-state index in [1.54, 1.807) is 0 Å². The number of hydrogen-bond acceptors (Lipinski definition) is 4. The predicted molar refractivity (Wildman–Crippen MR) is 98.6 cm³/mol. The number of rotatable bonds is 3. The largest absolute Gasteiger partial charge is 0.337 e. The van der Waals surface area contributed by atoms with Gasteiger partial charge in [0.05, 0.1) is 0 Å². The van der Waals surface area contributed by atoms with Gasteiger partial charge in [-0.3, -0.25) is 9.59 Å². The van der Waals surface area contributed by atoms with Gasteiger partial charge in [0.15, 0.2) is 0 Å². The first kappa shape index (κ1) is 17.3. The van der Waals surface area contributed by atoms with Crippen molar-refractivity contribution >= 4 is 29.3 Å². The van der Waals surface area contributed by atoms with E-state index < -0.39 is 0 Å². The van der Waals surface area contributed by atoms with Gasteiger partial charge in [-0.15, -0.1) is 0 Å². The molecule has 0 aromatic heterocycles. The summed E-state index contributed by atoms with van der Waals surface area (Å²) < 4.78 is 0. The summed E-state index contributed by atoms with van der Waals surface area (Å²) in [7, 11) is 0. The molecule has 2 aliphatic heterocycles. The first-order valence-corrected chi connectivity index (χ1v) is 9.80. The van der Waals surface area contributed by atoms with Crippen LogP contribution in [0.5, 0.6) is 0 Å². The number of amides is 2. The first-order valence-electron chi connectivity index (χ1n) is 8.65. The molecule has 130 valence electrons. The molecule has 1 aromatic carbocycles. The fourth-order valence-electron chi connectivity index (χ4n) is 3.26. The third-order valence-corrected chi connectivity index (χ3v) is 5.77. The van der Waals surface area contributed by atoms with Gasteiger partial charge in [-0.25, -0.2) is 0 Å². The Labute approximate surface area is 147 Å². The Kier molecular flexibility index (Phi) is 5.79. The molecule has 2 heterocycles. The van der Waals surface area contributed by atoms with Gasteiger partial charge in [-0.05, 0) is 50.6 Å². The normalized spacial score (nSPS) is 19.1. The van der Waals surface area contributed by atoms with Crippen LogP contribution in [0.1, 0.15) is 28.8 Å². The van der Waals surface area contributed by atoms with Crippen LogP contribution in [0, 0.1) is 12.8 Å². The highest BCUT2D eigenvalue weighted by Gasteiger charge is 2.24. The Morgan fingerprint density at radius 3 is 2.62 bits per heavy atom. The summed E-state index contributed by atoms with van der Waals surface area (Å²) in [6, 6.07) is 5.60. The van der Waals surface area contributed by atoms with Crippen LogP contribution in [0.4, 0.5) is 5.69 Å². The standard InChI is InChI=1S/C18H25N3O2S/c1-13-15(18(23)21-9-11-24-12-10-21)3-2-4-16(13)20-17(22)14-5-7-19-8-6-14/h2-4,14,19H,5-12H2,1H3,(H,20,22). The molecule has 0 unspecified atom stereocenters. The van der Waals surface area contributed by atoms with E-state index in [2.05, 4.69) is 10.6 Å². The van der Waals surface area contributed by atoms with Crippen molar-refractivity contribution in [2.45, 2.75) is 19.8 Å². The summed E-state index contributed by atoms with van der Waals surface area (Å²) in [4.78, 5) is 27.1. The molecule has 0 spiro atoms. The summed E-state index contributed by atoms with van der Waals surface area (Å²) in [5, 5.41) is 6.31. The number of thioether (sulfide) groups is 1. The average molecular weight is 347 g/mol. The summed E-state index contributed by atoms with van der Waals surface area (Å²) in [6.07, 6.45) is 1.74. The fourth-order valence-corrected chi connectivity index (χ4v) is 4.16. The Morgan fingerprint density at radius 2 is 1.92 bits per heavy atom. The van der Waals surface area contributed by atoms with Gasteiger partial charge in [-0.1, -0.05) is 6.07 Å². The number of anilines is 1. The summed E-state index contributed by atoms with van der Waals surface area (Å²) in [5.74, 6) is 2.20. The van der Waals surface area contributed by atoms with Crippen molar-refractivity contribution in [3.05, 3.63) is 29.3 Å². The van der Waals surface area contributed by atoms with Crippen LogP contribution < -0.4 is 10.6 Å². The molecule has 0 atom stereocenters. The van der Waals surface area contributed by atoms with E-state index in [4.69, 9.17) is 0 Å². The lowest BCUT2D eigenvalue weighted by Crippen LogP contribution is -2.38. The Morgan fingerprint density at radius 1 is 1.21 bits per heavy atom. The second kappa shape index (κ2) is 8.03. The predicted octanol–water partition coefficient (Wildman–Crippen LogP) is 2.12. The van der Waals surface area contributed by atoms with Crippen molar-refractivity contribution in [2.24, 2.45) is 5.92 Å². The third-order valence-electron chi connectivity index (χ3n) is 4.83. The number of carbonyl (C=O) groups excluding carboxylic acids is 2. The van der Waals surface area contributed by atoms with E-state index in [-0.39, 0.29) is 17.7 Å². The van der Waals surface area contributed by atoms with E-state index in [9.17, 15) is 9.59 Å². The summed E-state index contributed by atoms with van der Waals surface area (Å²) in [5.41, 5.74) is 2.32. The molecule has 0 aliphatic carbocycles. The zero-order valence-corrected chi connectivity index (χ0v) is 15.0. The topological polar surface area (TPSA) is 61.4 Å². The molecule has 2 saturated heterocycles. The molecule has 6 heteroatoms. The van der Waals surface area contributed by atoms with E-state index in [0.717, 1.165) is 61.8 Å². The van der Waals surface area contributed by atoms with Crippen LogP contribution in [-0.4, -0.2) is 54.4 Å². The number of hydrogen-bond donors (Lipinski definition) is 2. The van der Waals surface area contributed by atoms with Gasteiger partial charge in [0.25, 0.3) is 5.91 Å². The van der Waals surface area contributed by atoms with Crippen LogP contribution in [-0.2, 0) is 4.79 Å². The highest BCUT2D eigenvalue weighted by molar-refractivity contribution is 7.99. The Hall–Kier alpha value is -1.53. The van der Waals surface area contributed by atoms with E-state index in [1.165, 1.54) is 0 Å². The van der Waals surface area contributed by atoms with Crippen molar-refractivity contribution in [3.8, 4) is 0 Å². The average Bonchev–Trinajstić information content (AvgIpc) is 2.64. The highest BCUT2D eigenvalue weighted by Crippen LogP contribution is 2.23. The van der Waals surface area contributed by atoms with Crippen LogP contribution >= 0.6 is 11.8 Å². The van der Waals surface area contributed by atoms with Crippen LogP contribution in [0.2, 0.25) is 0 Å². The van der Waals surface area contributed by atoms with Crippen LogP contribution in [0.15, 0.2) is 18.2 Å². The minimum absolute atomic E-state index is 0.0594. The zero-order chi connectivity index (χ0) is 16.9. The van der Waals surface area contributed by atoms with Gasteiger partial charge in [0, 0.05) is 41.8 Å². The van der Waals surface area contributed by atoms with E-state index in [0.29, 0.717) is 5.56 Å². The van der Waals surface area contributed by atoms with Gasteiger partial charge >= 0.3 is 0 Å². The Balaban J connectivity index is 1.72. The smallest absolute Gasteiger partial charge is 0.254 e. The lowest BCUT2D eigenvalue weighted by Gasteiger charge is -2.27. The van der Waals surface area contributed by atoms with Crippen molar-refractivity contribution in [1.82, 2.24) is 10.2 Å². The quantitative estimate of drug-likeness (QED) is 0.879. The lowest BCUT2D eigenvalue weighted by atomic mass is 9.96. The fraction of sp³-hybridized carbons (Fsp3) is 0.556. The maximum atomic E-state index is 12.8. The lowest BCUT2D eigenvalue weighted by molar-refractivity contribution is -0.120. The third kappa shape index (κ3) is 3.92. The second-order valence-electron chi connectivity index (χ2n) is 6.40. The summed E-state index contributed by atoms with van der Waals surface area (Å²) >= 11 is 1.89. The maximum absolute atomic E-state index is 12.8. The number of nitrogens with one attached hydrogen (secondary N) is 2. The molecule has 2 aliphatic rings. The minimum atomic E-state index is 0.0594. The first-order chi connectivity index (χ1) is 11.7. The molecule has 3 rings (SSSR count). The number of benzene rings is 1. The molecule has 2 N–H and O–H groups in total. The monoisotopic (exact) mass is 347 g/mol. The van der Waals surface area contributed by atoms with E-state index >= 15 is 0 Å². The molecule has 1 aromatic rings. The number of carbonyl (C=O) groups is 2. The minimum Gasteiger partial charge on any atom is -0.337 e. The molecule has 0 bridgehead atoms. The summed E-state index contributed by atoms with van der Waals surface area (Å²) in [6.45, 7) is 5.30. The van der Waals surface area contributed by atoms with Gasteiger partial charge in [-0.2, -0.15) is 11.8 Å². The van der Waals surface area contributed by atoms with Crippen molar-refractivity contribution < 1.29 is 9.59 Å². The van der Waals surface area contributed by atoms with Crippen molar-refractivity contribution in [3.63, 3.8) is 0 Å². The highest BCUT2D eigenvalue weighted by atomic mass is 32.2. The molecule has 2 fully saturated rings. The van der Waals surface area contributed by atoms with Crippen LogP contribution in [0.25, 0.3) is 0 Å². The van der Waals surface area contributed by atoms with Crippen LogP contribution in [0.3, 0.4) is 0 Å². The maximum Gasteiger partial charge on any atom is 0.254 e. The van der Waals surface area contributed by atoms with Gasteiger partial charge < -0.3 is 15.5 Å². The van der Waals surface area contributed by atoms with Gasteiger partial charge in [0.1, 0.15) is 0 Å². The van der Waals surface area contributed by atoms with Gasteiger partial charge in [0.2, 0.25) is 5.91 Å². The second-order valence-corrected chi connectivity index (χ2v) is 7.62.